The summed E-state index contributed by atoms with van der Waals surface area (Å²) in [4.78, 5) is 25.2. The van der Waals surface area contributed by atoms with E-state index in [9.17, 15) is 14.3 Å². The second-order valence-corrected chi connectivity index (χ2v) is 19.2. The van der Waals surface area contributed by atoms with Crippen LogP contribution in [0.4, 0.5) is 0 Å². The van der Waals surface area contributed by atoms with Crippen LogP contribution in [-0.4, -0.2) is 70.7 Å². The largest absolute Gasteiger partial charge is 0.756 e. The number of phosphoric ester groups is 1. The summed E-state index contributed by atoms with van der Waals surface area (Å²) in [7, 11) is 1.32. The number of esters is 1. The summed E-state index contributed by atoms with van der Waals surface area (Å²) in [6, 6.07) is 0. The summed E-state index contributed by atoms with van der Waals surface area (Å²) in [6.07, 6.45) is 66.8. The van der Waals surface area contributed by atoms with E-state index in [-0.39, 0.29) is 32.2 Å². The fourth-order valence-electron chi connectivity index (χ4n) is 6.45. The zero-order valence-electron chi connectivity index (χ0n) is 42.1. The molecule has 0 aromatic heterocycles. The van der Waals surface area contributed by atoms with Crippen LogP contribution in [0, 0.1) is 0 Å². The lowest BCUT2D eigenvalue weighted by Crippen LogP contribution is -2.37. The van der Waals surface area contributed by atoms with Gasteiger partial charge in [-0.2, -0.15) is 0 Å². The van der Waals surface area contributed by atoms with Gasteiger partial charge in [-0.3, -0.25) is 9.36 Å². The second-order valence-electron chi connectivity index (χ2n) is 17.8. The average Bonchev–Trinajstić information content (AvgIpc) is 3.27. The summed E-state index contributed by atoms with van der Waals surface area (Å²) in [6.45, 7) is 5.12. The Morgan fingerprint density at radius 1 is 0.477 bits per heavy atom. The molecular formula is C56H96NO7P. The van der Waals surface area contributed by atoms with Crippen LogP contribution in [0.2, 0.25) is 0 Å². The Morgan fingerprint density at radius 2 is 0.846 bits per heavy atom. The van der Waals surface area contributed by atoms with Crippen LogP contribution in [0.25, 0.3) is 0 Å². The number of carbonyl (C=O) groups excluding carboxylic acids is 1. The standard InChI is InChI=1S/C56H96NO7P/c1-6-8-10-12-14-16-18-20-22-24-26-28-30-32-34-36-38-40-42-44-46-48-51-61-53-55(54-63-65(59,60)62-52-50-57(3,4)5)64-56(58)49-47-45-43-41-39-37-35-33-31-29-27-25-23-21-19-17-15-13-11-9-7-2/h8-11,14-17,20-23,26-29,33,35,55H,6-7,12-13,18-19,24-25,30-32,34,36-54H2,1-5H3/b10-8-,11-9-,16-14-,17-15-,22-20-,23-21-,28-26-,29-27-,35-33-. The number of rotatable bonds is 46. The molecule has 9 heteroatoms. The summed E-state index contributed by atoms with van der Waals surface area (Å²) < 4.78 is 34.7. The lowest BCUT2D eigenvalue weighted by molar-refractivity contribution is -0.870. The van der Waals surface area contributed by atoms with Gasteiger partial charge in [0.15, 0.2) is 0 Å². The van der Waals surface area contributed by atoms with Crippen LogP contribution < -0.4 is 4.89 Å². The van der Waals surface area contributed by atoms with Crippen LogP contribution in [-0.2, 0) is 27.9 Å². The third-order valence-corrected chi connectivity index (χ3v) is 11.3. The van der Waals surface area contributed by atoms with Crippen LogP contribution in [0.15, 0.2) is 109 Å². The first-order chi connectivity index (χ1) is 31.6. The van der Waals surface area contributed by atoms with E-state index < -0.39 is 13.9 Å². The smallest absolute Gasteiger partial charge is 0.306 e. The number of allylic oxidation sites excluding steroid dienone is 18. The van der Waals surface area contributed by atoms with E-state index in [4.69, 9.17) is 18.5 Å². The van der Waals surface area contributed by atoms with E-state index in [0.717, 1.165) is 109 Å². The second kappa shape index (κ2) is 47.6. The lowest BCUT2D eigenvalue weighted by Gasteiger charge is -2.28. The molecule has 0 aliphatic carbocycles. The Kier molecular flexibility index (Phi) is 45.6. The molecule has 0 saturated carbocycles. The highest BCUT2D eigenvalue weighted by Crippen LogP contribution is 2.38. The number of nitrogens with zero attached hydrogens (tertiary/aromatic N) is 1. The summed E-state index contributed by atoms with van der Waals surface area (Å²) in [5.41, 5.74) is 0. The van der Waals surface area contributed by atoms with E-state index in [1.54, 1.807) is 0 Å². The molecule has 0 spiro atoms. The van der Waals surface area contributed by atoms with Gasteiger partial charge in [0, 0.05) is 13.0 Å². The Morgan fingerprint density at radius 3 is 1.26 bits per heavy atom. The molecule has 65 heavy (non-hydrogen) atoms. The summed E-state index contributed by atoms with van der Waals surface area (Å²) >= 11 is 0. The Balaban J connectivity index is 4.23. The molecule has 2 unspecified atom stereocenters. The van der Waals surface area contributed by atoms with Crippen LogP contribution in [0.5, 0.6) is 0 Å². The van der Waals surface area contributed by atoms with Gasteiger partial charge >= 0.3 is 5.97 Å². The maximum atomic E-state index is 12.8. The monoisotopic (exact) mass is 926 g/mol. The Bertz CT molecular complexity index is 1400. The van der Waals surface area contributed by atoms with Crippen LogP contribution in [0.1, 0.15) is 181 Å². The van der Waals surface area contributed by atoms with Gasteiger partial charge in [-0.25, -0.2) is 0 Å². The van der Waals surface area contributed by atoms with Crippen LogP contribution in [0.3, 0.4) is 0 Å². The van der Waals surface area contributed by atoms with Gasteiger partial charge in [0.1, 0.15) is 19.3 Å². The van der Waals surface area contributed by atoms with Gasteiger partial charge < -0.3 is 27.9 Å². The maximum absolute atomic E-state index is 12.8. The van der Waals surface area contributed by atoms with Crippen molar-refractivity contribution in [2.24, 2.45) is 0 Å². The third kappa shape index (κ3) is 52.0. The molecule has 0 fully saturated rings. The molecule has 2 atom stereocenters. The quantitative estimate of drug-likeness (QED) is 0.0197. The van der Waals surface area contributed by atoms with E-state index >= 15 is 0 Å². The summed E-state index contributed by atoms with van der Waals surface area (Å²) in [5.74, 6) is -0.359. The molecule has 0 rings (SSSR count). The third-order valence-electron chi connectivity index (χ3n) is 10.3. The number of carbonyl (C=O) groups is 1. The first-order valence-electron chi connectivity index (χ1n) is 25.6. The first kappa shape index (κ1) is 62.2. The Hall–Kier alpha value is -2.84. The number of ether oxygens (including phenoxy) is 2. The van der Waals surface area contributed by atoms with Gasteiger partial charge in [0.05, 0.1) is 34.4 Å². The molecule has 8 nitrogen and oxygen atoms in total. The molecule has 0 aliphatic rings. The average molecular weight is 926 g/mol. The van der Waals surface area contributed by atoms with Gasteiger partial charge in [-0.15, -0.1) is 0 Å². The number of likely N-dealkylation sites (N-methyl/N-ethyl adjacent to an activating group) is 1. The minimum Gasteiger partial charge on any atom is -0.756 e. The van der Waals surface area contributed by atoms with Gasteiger partial charge in [0.2, 0.25) is 0 Å². The minimum absolute atomic E-state index is 0.0141. The molecule has 0 saturated heterocycles. The van der Waals surface area contributed by atoms with Crippen molar-refractivity contribution in [3.63, 3.8) is 0 Å². The van der Waals surface area contributed by atoms with E-state index in [2.05, 4.69) is 123 Å². The zero-order chi connectivity index (χ0) is 47.6. The van der Waals surface area contributed by atoms with E-state index in [1.807, 2.05) is 21.1 Å². The van der Waals surface area contributed by atoms with Crippen molar-refractivity contribution in [1.29, 1.82) is 0 Å². The number of phosphoric acid groups is 1. The van der Waals surface area contributed by atoms with Gasteiger partial charge in [-0.05, 0) is 96.3 Å². The highest BCUT2D eigenvalue weighted by molar-refractivity contribution is 7.45. The summed E-state index contributed by atoms with van der Waals surface area (Å²) in [5, 5.41) is 0. The van der Waals surface area contributed by atoms with Crippen LogP contribution >= 0.6 is 7.82 Å². The Labute approximate surface area is 400 Å². The molecule has 0 aromatic carbocycles. The number of quaternary nitrogens is 1. The highest BCUT2D eigenvalue weighted by Gasteiger charge is 2.20. The molecule has 0 aromatic rings. The van der Waals surface area contributed by atoms with E-state index in [0.29, 0.717) is 17.6 Å². The number of unbranched alkanes of at least 4 members (excludes halogenated alkanes) is 14. The zero-order valence-corrected chi connectivity index (χ0v) is 43.0. The van der Waals surface area contributed by atoms with Crippen molar-refractivity contribution in [2.45, 2.75) is 187 Å². The van der Waals surface area contributed by atoms with Crippen molar-refractivity contribution >= 4 is 13.8 Å². The van der Waals surface area contributed by atoms with Crippen molar-refractivity contribution in [1.82, 2.24) is 0 Å². The number of hydrogen-bond donors (Lipinski definition) is 0. The van der Waals surface area contributed by atoms with Crippen molar-refractivity contribution < 1.29 is 37.3 Å². The van der Waals surface area contributed by atoms with Crippen molar-refractivity contribution in [2.75, 3.05) is 54.1 Å². The minimum atomic E-state index is -4.55. The SMILES string of the molecule is CC/C=C\C/C=C\C/C=C\C/C=C\C/C=C\CCCCCCCC(=O)OC(COCCCCCCCCCCC/C=C\C/C=C\C/C=C\C/C=C\CC)COP(=O)([O-])OCC[N+](C)(C)C. The van der Waals surface area contributed by atoms with E-state index in [1.165, 1.54) is 51.4 Å². The fraction of sp³-hybridized carbons (Fsp3) is 0.661. The predicted octanol–water partition coefficient (Wildman–Crippen LogP) is 15.3. The molecule has 0 bridgehead atoms. The lowest BCUT2D eigenvalue weighted by atomic mass is 10.1. The van der Waals surface area contributed by atoms with Gasteiger partial charge in [0.25, 0.3) is 7.82 Å². The predicted molar refractivity (Wildman–Crippen MR) is 277 cm³/mol. The van der Waals surface area contributed by atoms with Gasteiger partial charge in [-0.1, -0.05) is 187 Å². The van der Waals surface area contributed by atoms with Crippen molar-refractivity contribution in [3.8, 4) is 0 Å². The molecule has 0 heterocycles. The molecule has 0 radical (unpaired) electrons. The highest BCUT2D eigenvalue weighted by atomic mass is 31.2. The molecule has 0 N–H and O–H groups in total. The molecule has 0 amide bonds. The molecule has 0 aliphatic heterocycles. The van der Waals surface area contributed by atoms with Crippen molar-refractivity contribution in [3.05, 3.63) is 109 Å². The normalized spacial score (nSPS) is 14.5. The fourth-order valence-corrected chi connectivity index (χ4v) is 7.17. The first-order valence-corrected chi connectivity index (χ1v) is 27.1. The molecular weight excluding hydrogens is 830 g/mol. The topological polar surface area (TPSA) is 94.1 Å². The maximum Gasteiger partial charge on any atom is 0.306 e. The number of hydrogen-bond acceptors (Lipinski definition) is 7. The molecule has 372 valence electrons.